The van der Waals surface area contributed by atoms with E-state index in [0.29, 0.717) is 42.8 Å². The highest BCUT2D eigenvalue weighted by Gasteiger charge is 2.36. The summed E-state index contributed by atoms with van der Waals surface area (Å²) in [5, 5.41) is 5.72. The van der Waals surface area contributed by atoms with Crippen molar-refractivity contribution in [3.8, 4) is 5.75 Å². The first kappa shape index (κ1) is 23.3. The maximum absolute atomic E-state index is 13.5. The number of fused-ring (bicyclic) bond motifs is 1. The minimum Gasteiger partial charge on any atom is -0.478 e. The van der Waals surface area contributed by atoms with Crippen molar-refractivity contribution in [1.82, 2.24) is 4.31 Å². The molecule has 0 radical (unpaired) electrons. The molecule has 1 fully saturated rings. The van der Waals surface area contributed by atoms with Gasteiger partial charge in [-0.15, -0.1) is 0 Å². The van der Waals surface area contributed by atoms with Gasteiger partial charge in [-0.25, -0.2) is 8.42 Å². The third-order valence-electron chi connectivity index (χ3n) is 6.24. The van der Waals surface area contributed by atoms with Crippen LogP contribution in [0.3, 0.4) is 0 Å². The number of para-hydroxylation sites is 1. The molecule has 2 N–H and O–H groups in total. The van der Waals surface area contributed by atoms with Crippen LogP contribution in [0.25, 0.3) is 0 Å². The normalized spacial score (nSPS) is 21.0. The summed E-state index contributed by atoms with van der Waals surface area (Å²) in [6.45, 7) is 5.90. The number of sulfonamides is 1. The number of benzene rings is 2. The molecule has 2 heterocycles. The highest BCUT2D eigenvalue weighted by Crippen LogP contribution is 2.36. The third-order valence-corrected chi connectivity index (χ3v) is 8.25. The Morgan fingerprint density at radius 2 is 1.97 bits per heavy atom. The summed E-state index contributed by atoms with van der Waals surface area (Å²) in [5.41, 5.74) is 2.67. The van der Waals surface area contributed by atoms with Crippen LogP contribution in [0.4, 0.5) is 11.4 Å². The fraction of sp³-hybridized carbons (Fsp3) is 0.417. The molecule has 0 saturated carbocycles. The van der Waals surface area contributed by atoms with Crippen molar-refractivity contribution in [1.29, 1.82) is 0 Å². The first-order valence-corrected chi connectivity index (χ1v) is 12.6. The molecule has 2 aliphatic heterocycles. The predicted octanol–water partition coefficient (Wildman–Crippen LogP) is 3.45. The molecular weight excluding hydrogens is 442 g/mol. The smallest absolute Gasteiger partial charge is 0.265 e. The van der Waals surface area contributed by atoms with E-state index in [0.717, 1.165) is 11.3 Å². The first-order chi connectivity index (χ1) is 15.7. The molecule has 9 heteroatoms. The molecule has 0 aliphatic carbocycles. The van der Waals surface area contributed by atoms with Crippen LogP contribution in [0, 0.1) is 19.8 Å². The van der Waals surface area contributed by atoms with Gasteiger partial charge in [0.1, 0.15) is 5.75 Å². The lowest BCUT2D eigenvalue weighted by molar-refractivity contribution is -0.123. The van der Waals surface area contributed by atoms with Crippen molar-refractivity contribution in [3.63, 3.8) is 0 Å². The Balaban J connectivity index is 1.55. The number of anilines is 2. The fourth-order valence-electron chi connectivity index (χ4n) is 4.29. The molecule has 1 saturated heterocycles. The van der Waals surface area contributed by atoms with Crippen molar-refractivity contribution < 1.29 is 22.7 Å². The molecule has 2 aliphatic rings. The van der Waals surface area contributed by atoms with E-state index in [9.17, 15) is 18.0 Å². The maximum atomic E-state index is 13.5. The molecule has 2 aromatic rings. The fourth-order valence-corrected chi connectivity index (χ4v) is 6.04. The monoisotopic (exact) mass is 471 g/mol. The second-order valence-corrected chi connectivity index (χ2v) is 10.5. The minimum atomic E-state index is -3.85. The summed E-state index contributed by atoms with van der Waals surface area (Å²) in [7, 11) is -3.85. The number of carbonyl (C=O) groups excluding carboxylic acids is 2. The Kier molecular flexibility index (Phi) is 6.45. The zero-order valence-electron chi connectivity index (χ0n) is 19.1. The van der Waals surface area contributed by atoms with Crippen molar-refractivity contribution >= 4 is 33.2 Å². The highest BCUT2D eigenvalue weighted by atomic mass is 32.2. The minimum absolute atomic E-state index is 0.117. The van der Waals surface area contributed by atoms with E-state index in [-0.39, 0.29) is 23.3 Å². The van der Waals surface area contributed by atoms with Crippen LogP contribution in [0.5, 0.6) is 5.75 Å². The van der Waals surface area contributed by atoms with Crippen molar-refractivity contribution in [3.05, 3.63) is 47.5 Å². The number of hydrogen-bond donors (Lipinski definition) is 2. The molecule has 176 valence electrons. The largest absolute Gasteiger partial charge is 0.478 e. The maximum Gasteiger partial charge on any atom is 0.265 e. The lowest BCUT2D eigenvalue weighted by atomic mass is 9.98. The molecule has 0 spiro atoms. The van der Waals surface area contributed by atoms with Crippen molar-refractivity contribution in [2.24, 2.45) is 5.92 Å². The van der Waals surface area contributed by atoms with Gasteiger partial charge in [0.25, 0.3) is 5.91 Å². The summed E-state index contributed by atoms with van der Waals surface area (Å²) >= 11 is 0. The molecular formula is C24H29N3O5S. The Morgan fingerprint density at radius 3 is 2.70 bits per heavy atom. The van der Waals surface area contributed by atoms with Gasteiger partial charge in [-0.1, -0.05) is 25.1 Å². The Bertz CT molecular complexity index is 1190. The number of hydrogen-bond acceptors (Lipinski definition) is 5. The van der Waals surface area contributed by atoms with Crippen molar-refractivity contribution in [2.45, 2.75) is 51.0 Å². The molecule has 0 bridgehead atoms. The van der Waals surface area contributed by atoms with Gasteiger partial charge in [0.15, 0.2) is 6.10 Å². The lowest BCUT2D eigenvalue weighted by Gasteiger charge is -2.32. The van der Waals surface area contributed by atoms with Crippen LogP contribution < -0.4 is 15.4 Å². The van der Waals surface area contributed by atoms with E-state index in [2.05, 4.69) is 10.6 Å². The molecule has 8 nitrogen and oxygen atoms in total. The Hall–Kier alpha value is -2.91. The van der Waals surface area contributed by atoms with Gasteiger partial charge >= 0.3 is 0 Å². The van der Waals surface area contributed by atoms with Crippen molar-refractivity contribution in [2.75, 3.05) is 23.7 Å². The molecule has 2 atom stereocenters. The van der Waals surface area contributed by atoms with Crippen LogP contribution in [0.1, 0.15) is 37.3 Å². The van der Waals surface area contributed by atoms with E-state index in [1.165, 1.54) is 10.4 Å². The van der Waals surface area contributed by atoms with Gasteiger partial charge in [0.05, 0.1) is 16.5 Å². The third kappa shape index (κ3) is 4.60. The second-order valence-electron chi connectivity index (χ2n) is 8.62. The molecule has 4 rings (SSSR count). The van der Waals surface area contributed by atoms with E-state index in [1.807, 2.05) is 38.1 Å². The van der Waals surface area contributed by atoms with E-state index < -0.39 is 22.0 Å². The number of aryl methyl sites for hydroxylation is 2. The van der Waals surface area contributed by atoms with Gasteiger partial charge < -0.3 is 15.4 Å². The first-order valence-electron chi connectivity index (χ1n) is 11.2. The summed E-state index contributed by atoms with van der Waals surface area (Å²) in [6.07, 6.45) is 1.05. The topological polar surface area (TPSA) is 105 Å². The Labute approximate surface area is 194 Å². The van der Waals surface area contributed by atoms with Gasteiger partial charge in [-0.05, 0) is 56.4 Å². The average molecular weight is 472 g/mol. The van der Waals surface area contributed by atoms with Gasteiger partial charge in [-0.3, -0.25) is 9.59 Å². The summed E-state index contributed by atoms with van der Waals surface area (Å²) in [6, 6.07) is 10.6. The number of piperidine rings is 1. The number of amides is 2. The number of rotatable bonds is 5. The van der Waals surface area contributed by atoms with Crippen LogP contribution in [0.15, 0.2) is 41.3 Å². The quantitative estimate of drug-likeness (QED) is 0.695. The number of nitrogens with zero attached hydrogens (tertiary/aromatic N) is 1. The zero-order chi connectivity index (χ0) is 23.8. The molecule has 0 aromatic heterocycles. The second kappa shape index (κ2) is 9.15. The van der Waals surface area contributed by atoms with Gasteiger partial charge in [0.2, 0.25) is 15.9 Å². The Morgan fingerprint density at radius 1 is 1.21 bits per heavy atom. The average Bonchev–Trinajstić information content (AvgIpc) is 2.79. The van der Waals surface area contributed by atoms with E-state index >= 15 is 0 Å². The predicted molar refractivity (Wildman–Crippen MR) is 126 cm³/mol. The van der Waals surface area contributed by atoms with Crippen LogP contribution in [-0.4, -0.2) is 43.7 Å². The molecule has 2 aromatic carbocycles. The summed E-state index contributed by atoms with van der Waals surface area (Å²) < 4.78 is 34.2. The van der Waals surface area contributed by atoms with E-state index in [4.69, 9.17) is 4.74 Å². The van der Waals surface area contributed by atoms with Gasteiger partial charge in [0, 0.05) is 24.8 Å². The SMILES string of the molecule is CC[C@H]1Oc2cc(S(=O)(=O)N3CCC[C@@H](C(=O)Nc4ccccc4C)C3)c(C)cc2NC1=O. The number of nitrogens with one attached hydrogen (secondary N) is 2. The lowest BCUT2D eigenvalue weighted by Crippen LogP contribution is -2.44. The van der Waals surface area contributed by atoms with Crippen LogP contribution >= 0.6 is 0 Å². The zero-order valence-corrected chi connectivity index (χ0v) is 19.9. The van der Waals surface area contributed by atoms with E-state index in [1.54, 1.807) is 13.0 Å². The highest BCUT2D eigenvalue weighted by molar-refractivity contribution is 7.89. The molecule has 0 unspecified atom stereocenters. The number of carbonyl (C=O) groups is 2. The number of ether oxygens (including phenoxy) is 1. The molecule has 2 amide bonds. The standard InChI is InChI=1S/C24H29N3O5S/c1-4-20-24(29)26-19-12-16(3)22(13-21(19)32-20)33(30,31)27-11-7-9-17(14-27)23(28)25-18-10-6-5-8-15(18)2/h5-6,8,10,12-13,17,20H,4,7,9,11,14H2,1-3H3,(H,25,28)(H,26,29)/t17-,20-/m1/s1. The van der Waals surface area contributed by atoms with Gasteiger partial charge in [-0.2, -0.15) is 4.31 Å². The van der Waals surface area contributed by atoms with Crippen LogP contribution in [-0.2, 0) is 19.6 Å². The summed E-state index contributed by atoms with van der Waals surface area (Å²) in [4.78, 5) is 25.1. The van der Waals surface area contributed by atoms with Crippen LogP contribution in [0.2, 0.25) is 0 Å². The molecule has 33 heavy (non-hydrogen) atoms. The summed E-state index contributed by atoms with van der Waals surface area (Å²) in [5.74, 6) is -0.510.